The minimum Gasteiger partial charge on any atom is -0.350 e. The molecule has 1 aliphatic rings. The van der Waals surface area contributed by atoms with Crippen LogP contribution in [0.5, 0.6) is 0 Å². The smallest absolute Gasteiger partial charge is 0.240 e. The lowest BCUT2D eigenvalue weighted by Gasteiger charge is -2.29. The Bertz CT molecular complexity index is 426. The predicted octanol–water partition coefficient (Wildman–Crippen LogP) is 0.227. The van der Waals surface area contributed by atoms with Gasteiger partial charge in [0.05, 0.1) is 12.1 Å². The third-order valence-corrected chi connectivity index (χ3v) is 3.43. The highest BCUT2D eigenvalue weighted by molar-refractivity contribution is 5.85. The largest absolute Gasteiger partial charge is 0.350 e. The number of hydrogen-bond donors (Lipinski definition) is 2. The van der Waals surface area contributed by atoms with Crippen LogP contribution in [0.25, 0.3) is 0 Å². The number of nitrogens with two attached hydrogens (primary N) is 1. The molecule has 6 nitrogen and oxygen atoms in total. The summed E-state index contributed by atoms with van der Waals surface area (Å²) >= 11 is 0. The van der Waals surface area contributed by atoms with E-state index in [1.807, 2.05) is 11.6 Å². The van der Waals surface area contributed by atoms with E-state index in [9.17, 15) is 4.79 Å². The maximum Gasteiger partial charge on any atom is 0.240 e. The fraction of sp³-hybridized carbons (Fsp3) is 0.750. The first-order valence-electron chi connectivity index (χ1n) is 6.49. The van der Waals surface area contributed by atoms with Crippen LogP contribution in [0.15, 0.2) is 6.33 Å². The van der Waals surface area contributed by atoms with Crippen molar-refractivity contribution in [3.63, 3.8) is 0 Å². The second kappa shape index (κ2) is 5.06. The molecule has 2 atom stereocenters. The summed E-state index contributed by atoms with van der Waals surface area (Å²) in [4.78, 5) is 16.3. The third-order valence-electron chi connectivity index (χ3n) is 3.43. The third kappa shape index (κ3) is 2.69. The zero-order valence-corrected chi connectivity index (χ0v) is 11.0. The first-order valence-corrected chi connectivity index (χ1v) is 6.49. The van der Waals surface area contributed by atoms with Gasteiger partial charge in [-0.1, -0.05) is 13.3 Å². The van der Waals surface area contributed by atoms with E-state index in [-0.39, 0.29) is 11.9 Å². The van der Waals surface area contributed by atoms with E-state index in [0.717, 1.165) is 25.1 Å². The second-order valence-electron chi connectivity index (χ2n) is 5.23. The van der Waals surface area contributed by atoms with Gasteiger partial charge in [0.2, 0.25) is 5.91 Å². The Morgan fingerprint density at radius 2 is 2.50 bits per heavy atom. The molecule has 1 amide bonds. The molecule has 2 heterocycles. The number of aryl methyl sites for hydroxylation is 1. The topological polar surface area (TPSA) is 85.8 Å². The number of amides is 1. The molecule has 0 aromatic carbocycles. The molecule has 0 spiro atoms. The van der Waals surface area contributed by atoms with Crippen molar-refractivity contribution in [2.24, 2.45) is 5.73 Å². The minimum atomic E-state index is -0.780. The maximum absolute atomic E-state index is 12.1. The number of carbonyl (C=O) groups is 1. The lowest BCUT2D eigenvalue weighted by molar-refractivity contribution is -0.127. The molecule has 0 bridgehead atoms. The molecule has 0 aliphatic carbocycles. The summed E-state index contributed by atoms with van der Waals surface area (Å²) in [5.41, 5.74) is 5.24. The van der Waals surface area contributed by atoms with E-state index in [4.69, 9.17) is 5.73 Å². The van der Waals surface area contributed by atoms with Crippen LogP contribution < -0.4 is 11.1 Å². The van der Waals surface area contributed by atoms with Gasteiger partial charge in [0.25, 0.3) is 0 Å². The van der Waals surface area contributed by atoms with Crippen LogP contribution in [0.1, 0.15) is 38.9 Å². The molecular formula is C12H21N5O. The first-order chi connectivity index (χ1) is 8.53. The van der Waals surface area contributed by atoms with Crippen molar-refractivity contribution in [1.29, 1.82) is 0 Å². The molecule has 0 radical (unpaired) electrons. The monoisotopic (exact) mass is 251 g/mol. The van der Waals surface area contributed by atoms with Crippen LogP contribution in [0.3, 0.4) is 0 Å². The molecule has 0 saturated heterocycles. The average Bonchev–Trinajstić information content (AvgIpc) is 2.76. The molecule has 2 unspecified atom stereocenters. The summed E-state index contributed by atoms with van der Waals surface area (Å²) in [6, 6.07) is 0.103. The number of nitrogens with one attached hydrogen (secondary N) is 1. The summed E-state index contributed by atoms with van der Waals surface area (Å²) < 4.78 is 1.85. The fourth-order valence-electron chi connectivity index (χ4n) is 2.34. The Hall–Kier alpha value is -1.43. The molecule has 0 saturated carbocycles. The van der Waals surface area contributed by atoms with Crippen molar-refractivity contribution in [2.75, 3.05) is 0 Å². The molecule has 100 valence electrons. The number of carbonyl (C=O) groups excluding carboxylic acids is 1. The summed E-state index contributed by atoms with van der Waals surface area (Å²) in [7, 11) is 0. The molecule has 1 aliphatic heterocycles. The Morgan fingerprint density at radius 1 is 1.72 bits per heavy atom. The second-order valence-corrected chi connectivity index (χ2v) is 5.23. The van der Waals surface area contributed by atoms with Gasteiger partial charge in [-0.25, -0.2) is 9.67 Å². The van der Waals surface area contributed by atoms with E-state index < -0.39 is 5.54 Å². The van der Waals surface area contributed by atoms with Gasteiger partial charge in [0.15, 0.2) is 0 Å². The molecular weight excluding hydrogens is 230 g/mol. The van der Waals surface area contributed by atoms with Gasteiger partial charge in [-0.15, -0.1) is 0 Å². The van der Waals surface area contributed by atoms with Crippen molar-refractivity contribution < 1.29 is 4.79 Å². The van der Waals surface area contributed by atoms with Crippen molar-refractivity contribution in [3.8, 4) is 0 Å². The van der Waals surface area contributed by atoms with Gasteiger partial charge < -0.3 is 11.1 Å². The molecule has 1 aromatic heterocycles. The number of rotatable bonds is 4. The molecule has 2 rings (SSSR count). The van der Waals surface area contributed by atoms with E-state index in [1.165, 1.54) is 0 Å². The number of fused-ring (bicyclic) bond motifs is 1. The maximum atomic E-state index is 12.1. The van der Waals surface area contributed by atoms with Crippen molar-refractivity contribution in [3.05, 3.63) is 12.2 Å². The first kappa shape index (κ1) is 13.0. The highest BCUT2D eigenvalue weighted by atomic mass is 16.2. The van der Waals surface area contributed by atoms with Crippen molar-refractivity contribution >= 4 is 5.91 Å². The van der Waals surface area contributed by atoms with Crippen LogP contribution in [0.2, 0.25) is 0 Å². The van der Waals surface area contributed by atoms with Crippen molar-refractivity contribution in [2.45, 2.75) is 57.7 Å². The fourth-order valence-corrected chi connectivity index (χ4v) is 2.34. The molecule has 6 heteroatoms. The van der Waals surface area contributed by atoms with Crippen LogP contribution >= 0.6 is 0 Å². The highest BCUT2D eigenvalue weighted by Crippen LogP contribution is 2.14. The Labute approximate surface area is 107 Å². The van der Waals surface area contributed by atoms with Crippen molar-refractivity contribution in [1.82, 2.24) is 20.1 Å². The highest BCUT2D eigenvalue weighted by Gasteiger charge is 2.30. The van der Waals surface area contributed by atoms with Gasteiger partial charge >= 0.3 is 0 Å². The number of hydrogen-bond acceptors (Lipinski definition) is 4. The minimum absolute atomic E-state index is 0.0714. The summed E-state index contributed by atoms with van der Waals surface area (Å²) in [6.45, 7) is 4.50. The van der Waals surface area contributed by atoms with E-state index in [2.05, 4.69) is 15.4 Å². The van der Waals surface area contributed by atoms with Gasteiger partial charge in [0.1, 0.15) is 12.2 Å². The van der Waals surface area contributed by atoms with E-state index in [1.54, 1.807) is 13.3 Å². The van der Waals surface area contributed by atoms with Crippen LogP contribution in [0, 0.1) is 0 Å². The predicted molar refractivity (Wildman–Crippen MR) is 67.8 cm³/mol. The van der Waals surface area contributed by atoms with E-state index >= 15 is 0 Å². The van der Waals surface area contributed by atoms with E-state index in [0.29, 0.717) is 13.0 Å². The van der Waals surface area contributed by atoms with Gasteiger partial charge in [0, 0.05) is 12.5 Å². The van der Waals surface area contributed by atoms with Gasteiger partial charge in [-0.2, -0.15) is 5.10 Å². The molecule has 1 aromatic rings. The normalized spacial score (nSPS) is 22.1. The lowest BCUT2D eigenvalue weighted by atomic mass is 9.95. The number of aromatic nitrogens is 3. The Kier molecular flexibility index (Phi) is 3.65. The molecule has 18 heavy (non-hydrogen) atoms. The molecule has 0 fully saturated rings. The van der Waals surface area contributed by atoms with Gasteiger partial charge in [-0.05, 0) is 19.8 Å². The quantitative estimate of drug-likeness (QED) is 0.802. The summed E-state index contributed by atoms with van der Waals surface area (Å²) in [5, 5.41) is 7.16. The Morgan fingerprint density at radius 3 is 3.22 bits per heavy atom. The molecule has 3 N–H and O–H groups in total. The summed E-state index contributed by atoms with van der Waals surface area (Å²) in [5.74, 6) is 0.919. The lowest BCUT2D eigenvalue weighted by Crippen LogP contribution is -2.55. The van der Waals surface area contributed by atoms with Crippen LogP contribution in [-0.4, -0.2) is 32.3 Å². The SMILES string of the molecule is CCCC(C)(N)C(=O)NC1CCc2ncnn2C1. The van der Waals surface area contributed by atoms with Gasteiger partial charge in [-0.3, -0.25) is 4.79 Å². The average molecular weight is 251 g/mol. The zero-order valence-electron chi connectivity index (χ0n) is 11.0. The van der Waals surface area contributed by atoms with Crippen LogP contribution in [-0.2, 0) is 17.8 Å². The Balaban J connectivity index is 1.94. The summed E-state index contributed by atoms with van der Waals surface area (Å²) in [6.07, 6.45) is 4.90. The van der Waals surface area contributed by atoms with Crippen LogP contribution in [0.4, 0.5) is 0 Å². The number of nitrogens with zero attached hydrogens (tertiary/aromatic N) is 3. The standard InChI is InChI=1S/C12H21N5O/c1-3-6-12(2,13)11(18)16-9-4-5-10-14-8-15-17(10)7-9/h8-9H,3-7,13H2,1-2H3,(H,16,18). The zero-order chi connectivity index (χ0) is 13.2.